The van der Waals surface area contributed by atoms with Gasteiger partial charge in [-0.15, -0.1) is 0 Å². The zero-order valence-electron chi connectivity index (χ0n) is 19.0. The summed E-state index contributed by atoms with van der Waals surface area (Å²) in [5.74, 6) is -0.545. The molecule has 9 heteroatoms. The van der Waals surface area contributed by atoms with E-state index in [0.29, 0.717) is 55.8 Å². The van der Waals surface area contributed by atoms with Crippen molar-refractivity contribution in [1.29, 1.82) is 0 Å². The van der Waals surface area contributed by atoms with Crippen LogP contribution in [-0.2, 0) is 18.4 Å². The van der Waals surface area contributed by atoms with E-state index >= 15 is 0 Å². The highest BCUT2D eigenvalue weighted by Gasteiger charge is 2.23. The maximum atomic E-state index is 12.6. The van der Waals surface area contributed by atoms with E-state index in [9.17, 15) is 14.4 Å². The molecule has 4 aromatic rings. The third-order valence-corrected chi connectivity index (χ3v) is 6.34. The van der Waals surface area contributed by atoms with Crippen molar-refractivity contribution in [3.63, 3.8) is 0 Å². The minimum absolute atomic E-state index is 0.0113. The maximum Gasteiger partial charge on any atom is 0.417 e. The standard InChI is InChI=1S/C25H26N4O5/c1-27-8-6-18-3-2-17(14-21(18)27)16-33-25(32)29-12-10-28(11-13-29)9-7-22(30)19-4-5-20-23(15-19)34-24(31)26-20/h2-6,8,14-15H,7,9-13,16H2,1H3,(H,26,31). The van der Waals surface area contributed by atoms with Crippen molar-refractivity contribution in [3.05, 3.63) is 70.3 Å². The summed E-state index contributed by atoms with van der Waals surface area (Å²) in [5, 5.41) is 1.16. The molecule has 1 aliphatic heterocycles. The number of aromatic amines is 1. The van der Waals surface area contributed by atoms with Crippen LogP contribution in [0.1, 0.15) is 22.3 Å². The predicted octanol–water partition coefficient (Wildman–Crippen LogP) is 3.14. The monoisotopic (exact) mass is 462 g/mol. The number of rotatable bonds is 6. The minimum Gasteiger partial charge on any atom is -0.445 e. The number of nitrogens with zero attached hydrogens (tertiary/aromatic N) is 3. The van der Waals surface area contributed by atoms with E-state index in [4.69, 9.17) is 9.15 Å². The third-order valence-electron chi connectivity index (χ3n) is 6.34. The summed E-state index contributed by atoms with van der Waals surface area (Å²) in [6, 6.07) is 13.1. The summed E-state index contributed by atoms with van der Waals surface area (Å²) in [4.78, 5) is 42.8. The molecule has 3 heterocycles. The Hall–Kier alpha value is -3.85. The highest BCUT2D eigenvalue weighted by Crippen LogP contribution is 2.18. The molecule has 0 unspecified atom stereocenters. The van der Waals surface area contributed by atoms with Gasteiger partial charge in [-0.3, -0.25) is 14.7 Å². The molecule has 0 spiro atoms. The fourth-order valence-electron chi connectivity index (χ4n) is 4.31. The Morgan fingerprint density at radius 1 is 1.06 bits per heavy atom. The number of piperazine rings is 1. The van der Waals surface area contributed by atoms with Crippen molar-refractivity contribution in [2.45, 2.75) is 13.0 Å². The van der Waals surface area contributed by atoms with Crippen LogP contribution in [0.2, 0.25) is 0 Å². The summed E-state index contributed by atoms with van der Waals surface area (Å²) in [6.07, 6.45) is 2.04. The number of oxazole rings is 1. The van der Waals surface area contributed by atoms with Crippen LogP contribution in [0.25, 0.3) is 22.0 Å². The average Bonchev–Trinajstić information content (AvgIpc) is 3.41. The second-order valence-electron chi connectivity index (χ2n) is 8.60. The SMILES string of the molecule is Cn1ccc2ccc(COC(=O)N3CCN(CCC(=O)c4ccc5[nH]c(=O)oc5c4)CC3)cc21. The number of carbonyl (C=O) groups is 2. The van der Waals surface area contributed by atoms with Crippen LogP contribution in [0.3, 0.4) is 0 Å². The number of ether oxygens (including phenoxy) is 1. The van der Waals surface area contributed by atoms with Crippen LogP contribution in [-0.4, -0.2) is 64.0 Å². The number of fused-ring (bicyclic) bond motifs is 2. The summed E-state index contributed by atoms with van der Waals surface area (Å²) >= 11 is 0. The summed E-state index contributed by atoms with van der Waals surface area (Å²) in [7, 11) is 1.99. The number of H-pyrrole nitrogens is 1. The number of aromatic nitrogens is 2. The lowest BCUT2D eigenvalue weighted by Crippen LogP contribution is -2.49. The van der Waals surface area contributed by atoms with E-state index in [-0.39, 0.29) is 18.5 Å². The molecule has 0 aliphatic carbocycles. The van der Waals surface area contributed by atoms with Gasteiger partial charge in [0.05, 0.1) is 5.52 Å². The lowest BCUT2D eigenvalue weighted by atomic mass is 10.1. The molecule has 0 bridgehead atoms. The van der Waals surface area contributed by atoms with Crippen LogP contribution in [0, 0.1) is 0 Å². The first-order chi connectivity index (χ1) is 16.5. The fraction of sp³-hybridized carbons (Fsp3) is 0.320. The first-order valence-electron chi connectivity index (χ1n) is 11.3. The number of Topliss-reactive ketones (excluding diaryl/α,β-unsaturated/α-hetero) is 1. The third kappa shape index (κ3) is 4.60. The van der Waals surface area contributed by atoms with Crippen molar-refractivity contribution in [1.82, 2.24) is 19.4 Å². The lowest BCUT2D eigenvalue weighted by molar-refractivity contribution is 0.0697. The number of amides is 1. The highest BCUT2D eigenvalue weighted by atomic mass is 16.6. The van der Waals surface area contributed by atoms with Gasteiger partial charge in [-0.2, -0.15) is 0 Å². The van der Waals surface area contributed by atoms with E-state index < -0.39 is 5.76 Å². The van der Waals surface area contributed by atoms with Gasteiger partial charge in [0.2, 0.25) is 0 Å². The van der Waals surface area contributed by atoms with E-state index in [2.05, 4.69) is 16.0 Å². The maximum absolute atomic E-state index is 12.6. The summed E-state index contributed by atoms with van der Waals surface area (Å²) < 4.78 is 12.6. The minimum atomic E-state index is -0.534. The first kappa shape index (κ1) is 22.0. The Bertz CT molecular complexity index is 1410. The smallest absolute Gasteiger partial charge is 0.417 e. The number of ketones is 1. The largest absolute Gasteiger partial charge is 0.445 e. The molecule has 176 valence electrons. The molecule has 2 aromatic carbocycles. The Morgan fingerprint density at radius 2 is 1.88 bits per heavy atom. The van der Waals surface area contributed by atoms with Gasteiger partial charge in [-0.1, -0.05) is 12.1 Å². The molecule has 1 aliphatic rings. The van der Waals surface area contributed by atoms with Gasteiger partial charge >= 0.3 is 11.8 Å². The zero-order valence-corrected chi connectivity index (χ0v) is 19.0. The molecule has 1 amide bonds. The molecule has 0 saturated carbocycles. The molecule has 9 nitrogen and oxygen atoms in total. The van der Waals surface area contributed by atoms with Gasteiger partial charge in [-0.25, -0.2) is 9.59 Å². The van der Waals surface area contributed by atoms with Crippen LogP contribution in [0.4, 0.5) is 4.79 Å². The lowest BCUT2D eigenvalue weighted by Gasteiger charge is -2.33. The van der Waals surface area contributed by atoms with E-state index in [1.807, 2.05) is 36.0 Å². The quantitative estimate of drug-likeness (QED) is 0.442. The van der Waals surface area contributed by atoms with Crippen LogP contribution in [0.5, 0.6) is 0 Å². The molecule has 0 atom stereocenters. The van der Waals surface area contributed by atoms with E-state index in [0.717, 1.165) is 16.5 Å². The van der Waals surface area contributed by atoms with Gasteiger partial charge < -0.3 is 18.6 Å². The second kappa shape index (κ2) is 9.18. The van der Waals surface area contributed by atoms with Gasteiger partial charge in [0.15, 0.2) is 11.4 Å². The van der Waals surface area contributed by atoms with Crippen molar-refractivity contribution >= 4 is 33.9 Å². The molecule has 34 heavy (non-hydrogen) atoms. The van der Waals surface area contributed by atoms with Gasteiger partial charge in [-0.05, 0) is 41.3 Å². The number of hydrogen-bond donors (Lipinski definition) is 1. The first-order valence-corrected chi connectivity index (χ1v) is 11.3. The number of hydrogen-bond acceptors (Lipinski definition) is 6. The van der Waals surface area contributed by atoms with Crippen molar-refractivity contribution < 1.29 is 18.7 Å². The topological polar surface area (TPSA) is 101 Å². The molecule has 2 aromatic heterocycles. The number of nitrogens with one attached hydrogen (secondary N) is 1. The summed E-state index contributed by atoms with van der Waals surface area (Å²) in [6.45, 7) is 3.33. The number of benzene rings is 2. The Morgan fingerprint density at radius 3 is 2.71 bits per heavy atom. The normalized spacial score (nSPS) is 14.7. The van der Waals surface area contributed by atoms with Crippen molar-refractivity contribution in [2.75, 3.05) is 32.7 Å². The molecule has 1 N–H and O–H groups in total. The van der Waals surface area contributed by atoms with Gasteiger partial charge in [0.25, 0.3) is 0 Å². The zero-order chi connectivity index (χ0) is 23.7. The van der Waals surface area contributed by atoms with Crippen LogP contribution >= 0.6 is 0 Å². The molecule has 1 fully saturated rings. The fourth-order valence-corrected chi connectivity index (χ4v) is 4.31. The molecule has 1 saturated heterocycles. The second-order valence-corrected chi connectivity index (χ2v) is 8.60. The van der Waals surface area contributed by atoms with Crippen molar-refractivity contribution in [2.24, 2.45) is 7.05 Å². The highest BCUT2D eigenvalue weighted by molar-refractivity contribution is 5.98. The molecular formula is C25H26N4O5. The Labute approximate surface area is 195 Å². The van der Waals surface area contributed by atoms with E-state index in [1.54, 1.807) is 23.1 Å². The number of aryl methyl sites for hydroxylation is 1. The molecule has 5 rings (SSSR count). The van der Waals surface area contributed by atoms with Gasteiger partial charge in [0.1, 0.15) is 6.61 Å². The van der Waals surface area contributed by atoms with Crippen molar-refractivity contribution in [3.8, 4) is 0 Å². The summed E-state index contributed by atoms with van der Waals surface area (Å²) in [5.41, 5.74) is 3.54. The number of carbonyl (C=O) groups excluding carboxylic acids is 2. The van der Waals surface area contributed by atoms with Gasteiger partial charge in [0, 0.05) is 63.5 Å². The Kier molecular flexibility index (Phi) is 5.93. The van der Waals surface area contributed by atoms with Crippen LogP contribution < -0.4 is 5.76 Å². The molecule has 0 radical (unpaired) electrons. The van der Waals surface area contributed by atoms with E-state index in [1.165, 1.54) is 0 Å². The predicted molar refractivity (Wildman–Crippen MR) is 127 cm³/mol. The molecular weight excluding hydrogens is 436 g/mol. The average molecular weight is 463 g/mol. The Balaban J connectivity index is 1.08. The van der Waals surface area contributed by atoms with Crippen LogP contribution in [0.15, 0.2) is 57.9 Å².